The maximum Gasteiger partial charge on any atom is 0.161 e. The number of ether oxygens (including phenoxy) is 2. The molecule has 0 aliphatic rings. The van der Waals surface area contributed by atoms with Crippen molar-refractivity contribution in [1.29, 1.82) is 0 Å². The lowest BCUT2D eigenvalue weighted by atomic mass is 10.1. The standard InChI is InChI=1S/C21H27NO3S/c1-15(2)25-19-10-9-17(14-20(19)24-3)11-12-22-21(26)18(23)13-16-7-5-4-6-8-16/h4-10,14-15,18,23H,11-13H2,1-3H3,(H,22,26). The molecule has 1 atom stereocenters. The van der Waals surface area contributed by atoms with E-state index in [1.807, 2.05) is 62.4 Å². The highest BCUT2D eigenvalue weighted by molar-refractivity contribution is 7.80. The summed E-state index contributed by atoms with van der Waals surface area (Å²) >= 11 is 5.30. The normalized spacial score (nSPS) is 11.9. The fourth-order valence-corrected chi connectivity index (χ4v) is 2.78. The third-order valence-electron chi connectivity index (χ3n) is 3.88. The van der Waals surface area contributed by atoms with E-state index in [0.29, 0.717) is 18.0 Å². The number of aliphatic hydroxyl groups is 1. The Hall–Kier alpha value is -2.11. The predicted octanol–water partition coefficient (Wildman–Crippen LogP) is 3.55. The van der Waals surface area contributed by atoms with Crippen molar-refractivity contribution in [2.24, 2.45) is 0 Å². The van der Waals surface area contributed by atoms with Crippen LogP contribution in [0.2, 0.25) is 0 Å². The maximum atomic E-state index is 10.2. The molecule has 0 saturated heterocycles. The summed E-state index contributed by atoms with van der Waals surface area (Å²) in [5.74, 6) is 1.47. The molecule has 0 heterocycles. The van der Waals surface area contributed by atoms with Gasteiger partial charge < -0.3 is 19.9 Å². The van der Waals surface area contributed by atoms with Gasteiger partial charge in [0.2, 0.25) is 0 Å². The number of nitrogens with one attached hydrogen (secondary N) is 1. The first kappa shape index (κ1) is 20.2. The molecule has 0 radical (unpaired) electrons. The van der Waals surface area contributed by atoms with Crippen molar-refractivity contribution in [1.82, 2.24) is 5.32 Å². The van der Waals surface area contributed by atoms with Crippen molar-refractivity contribution in [2.45, 2.75) is 38.9 Å². The van der Waals surface area contributed by atoms with E-state index in [2.05, 4.69) is 5.32 Å². The molecule has 1 unspecified atom stereocenters. The topological polar surface area (TPSA) is 50.7 Å². The summed E-state index contributed by atoms with van der Waals surface area (Å²) in [5, 5.41) is 13.4. The van der Waals surface area contributed by atoms with E-state index in [-0.39, 0.29) is 6.10 Å². The van der Waals surface area contributed by atoms with Gasteiger partial charge in [0, 0.05) is 13.0 Å². The van der Waals surface area contributed by atoms with Gasteiger partial charge in [-0.2, -0.15) is 0 Å². The summed E-state index contributed by atoms with van der Waals surface area (Å²) in [7, 11) is 1.64. The summed E-state index contributed by atoms with van der Waals surface area (Å²) in [6, 6.07) is 15.8. The molecule has 140 valence electrons. The van der Waals surface area contributed by atoms with Gasteiger partial charge in [-0.1, -0.05) is 48.6 Å². The number of thiocarbonyl (C=S) groups is 1. The predicted molar refractivity (Wildman–Crippen MR) is 109 cm³/mol. The average Bonchev–Trinajstić information content (AvgIpc) is 2.63. The Balaban J connectivity index is 1.84. The molecule has 0 bridgehead atoms. The Morgan fingerprint density at radius 3 is 2.46 bits per heavy atom. The molecule has 0 aliphatic carbocycles. The van der Waals surface area contributed by atoms with Crippen LogP contribution in [0.5, 0.6) is 11.5 Å². The summed E-state index contributed by atoms with van der Waals surface area (Å²) in [5.41, 5.74) is 2.18. The summed E-state index contributed by atoms with van der Waals surface area (Å²) in [6.45, 7) is 4.62. The first-order chi connectivity index (χ1) is 12.5. The highest BCUT2D eigenvalue weighted by atomic mass is 32.1. The van der Waals surface area contributed by atoms with Crippen LogP contribution < -0.4 is 14.8 Å². The van der Waals surface area contributed by atoms with Crippen LogP contribution in [0.3, 0.4) is 0 Å². The van der Waals surface area contributed by atoms with E-state index in [4.69, 9.17) is 21.7 Å². The largest absolute Gasteiger partial charge is 0.493 e. The van der Waals surface area contributed by atoms with Crippen LogP contribution in [0.15, 0.2) is 48.5 Å². The zero-order valence-corrected chi connectivity index (χ0v) is 16.4. The molecule has 0 aliphatic heterocycles. The highest BCUT2D eigenvalue weighted by Gasteiger charge is 2.12. The second kappa shape index (κ2) is 10.1. The minimum absolute atomic E-state index is 0.0971. The van der Waals surface area contributed by atoms with Crippen molar-refractivity contribution in [3.8, 4) is 11.5 Å². The Bertz CT molecular complexity index is 704. The smallest absolute Gasteiger partial charge is 0.161 e. The Morgan fingerprint density at radius 1 is 1.08 bits per heavy atom. The Labute approximate surface area is 161 Å². The number of benzene rings is 2. The molecule has 2 rings (SSSR count). The molecule has 4 nitrogen and oxygen atoms in total. The zero-order valence-electron chi connectivity index (χ0n) is 15.6. The third-order valence-corrected chi connectivity index (χ3v) is 4.29. The van der Waals surface area contributed by atoms with E-state index >= 15 is 0 Å². The zero-order chi connectivity index (χ0) is 18.9. The lowest BCUT2D eigenvalue weighted by molar-refractivity contribution is 0.230. The van der Waals surface area contributed by atoms with Gasteiger partial charge in [-0.05, 0) is 43.5 Å². The highest BCUT2D eigenvalue weighted by Crippen LogP contribution is 2.29. The molecular weight excluding hydrogens is 346 g/mol. The van der Waals surface area contributed by atoms with Crippen molar-refractivity contribution in [3.63, 3.8) is 0 Å². The molecule has 0 saturated carbocycles. The third kappa shape index (κ3) is 6.32. The van der Waals surface area contributed by atoms with Crippen LogP contribution in [-0.4, -0.2) is 36.0 Å². The Kier molecular flexibility index (Phi) is 7.88. The fraction of sp³-hybridized carbons (Fsp3) is 0.381. The maximum absolute atomic E-state index is 10.2. The number of hydrogen-bond donors (Lipinski definition) is 2. The van der Waals surface area contributed by atoms with E-state index in [9.17, 15) is 5.11 Å². The number of aliphatic hydroxyl groups excluding tert-OH is 1. The molecule has 5 heteroatoms. The monoisotopic (exact) mass is 373 g/mol. The second-order valence-electron chi connectivity index (χ2n) is 6.40. The minimum atomic E-state index is -0.677. The minimum Gasteiger partial charge on any atom is -0.493 e. The summed E-state index contributed by atoms with van der Waals surface area (Å²) < 4.78 is 11.1. The van der Waals surface area contributed by atoms with E-state index < -0.39 is 6.10 Å². The lowest BCUT2D eigenvalue weighted by Crippen LogP contribution is -2.35. The van der Waals surface area contributed by atoms with Crippen LogP contribution >= 0.6 is 12.2 Å². The Morgan fingerprint density at radius 2 is 1.81 bits per heavy atom. The van der Waals surface area contributed by atoms with Crippen molar-refractivity contribution in [2.75, 3.05) is 13.7 Å². The molecule has 0 fully saturated rings. The van der Waals surface area contributed by atoms with Crippen LogP contribution in [0, 0.1) is 0 Å². The first-order valence-electron chi connectivity index (χ1n) is 8.83. The van der Waals surface area contributed by atoms with Gasteiger partial charge >= 0.3 is 0 Å². The van der Waals surface area contributed by atoms with Crippen LogP contribution in [0.4, 0.5) is 0 Å². The second-order valence-corrected chi connectivity index (χ2v) is 6.84. The number of hydrogen-bond acceptors (Lipinski definition) is 4. The van der Waals surface area contributed by atoms with Gasteiger partial charge in [-0.25, -0.2) is 0 Å². The molecule has 0 aromatic heterocycles. The van der Waals surface area contributed by atoms with E-state index in [0.717, 1.165) is 29.0 Å². The number of rotatable bonds is 9. The molecule has 0 spiro atoms. The number of methoxy groups -OCH3 is 1. The average molecular weight is 374 g/mol. The quantitative estimate of drug-likeness (QED) is 0.659. The van der Waals surface area contributed by atoms with Crippen molar-refractivity contribution < 1.29 is 14.6 Å². The fourth-order valence-electron chi connectivity index (χ4n) is 2.60. The van der Waals surface area contributed by atoms with Gasteiger partial charge in [-0.15, -0.1) is 0 Å². The van der Waals surface area contributed by atoms with E-state index in [1.165, 1.54) is 0 Å². The molecular formula is C21H27NO3S. The van der Waals surface area contributed by atoms with Crippen LogP contribution in [0.25, 0.3) is 0 Å². The molecule has 2 aromatic rings. The molecule has 0 amide bonds. The molecule has 26 heavy (non-hydrogen) atoms. The van der Waals surface area contributed by atoms with Crippen LogP contribution in [-0.2, 0) is 12.8 Å². The SMILES string of the molecule is COc1cc(CCNC(=S)C(O)Cc2ccccc2)ccc1OC(C)C. The van der Waals surface area contributed by atoms with Crippen LogP contribution in [0.1, 0.15) is 25.0 Å². The van der Waals surface area contributed by atoms with Gasteiger partial charge in [0.05, 0.1) is 13.2 Å². The van der Waals surface area contributed by atoms with Gasteiger partial charge in [0.25, 0.3) is 0 Å². The van der Waals surface area contributed by atoms with Gasteiger partial charge in [0.15, 0.2) is 11.5 Å². The first-order valence-corrected chi connectivity index (χ1v) is 9.23. The summed E-state index contributed by atoms with van der Waals surface area (Å²) in [6.07, 6.45) is 0.710. The van der Waals surface area contributed by atoms with Crippen molar-refractivity contribution >= 4 is 17.2 Å². The van der Waals surface area contributed by atoms with Crippen molar-refractivity contribution in [3.05, 3.63) is 59.7 Å². The van der Waals surface area contributed by atoms with Gasteiger partial charge in [-0.3, -0.25) is 0 Å². The van der Waals surface area contributed by atoms with Gasteiger partial charge in [0.1, 0.15) is 11.1 Å². The molecule has 2 aromatic carbocycles. The lowest BCUT2D eigenvalue weighted by Gasteiger charge is -2.16. The molecule has 2 N–H and O–H groups in total. The summed E-state index contributed by atoms with van der Waals surface area (Å²) in [4.78, 5) is 0.473. The van der Waals surface area contributed by atoms with E-state index in [1.54, 1.807) is 7.11 Å².